The molecule has 2 nitrogen and oxygen atoms in total. The molecule has 62 valence electrons. The summed E-state index contributed by atoms with van der Waals surface area (Å²) in [7, 11) is 0. The largest absolute Gasteiger partial charge is 0.384 e. The predicted octanol–water partition coefficient (Wildman–Crippen LogP) is 1.85. The Morgan fingerprint density at radius 2 is 2.33 bits per heavy atom. The molecular formula is C10H12N2. The number of nitrogens with zero attached hydrogens (tertiary/aromatic N) is 1. The molecule has 1 spiro atoms. The molecule has 3 rings (SSSR count). The van der Waals surface area contributed by atoms with Crippen LogP contribution < -0.4 is 5.32 Å². The SMILES string of the molecule is Cc1cc2c(cn1)C1(CC1)CN2. The van der Waals surface area contributed by atoms with E-state index in [0.29, 0.717) is 5.41 Å². The Bertz CT molecular complexity index is 340. The molecule has 1 saturated carbocycles. The van der Waals surface area contributed by atoms with Crippen LogP contribution in [0.3, 0.4) is 0 Å². The summed E-state index contributed by atoms with van der Waals surface area (Å²) in [6, 6.07) is 2.16. The molecular weight excluding hydrogens is 148 g/mol. The fourth-order valence-corrected chi connectivity index (χ4v) is 2.09. The molecule has 2 heterocycles. The van der Waals surface area contributed by atoms with Crippen molar-refractivity contribution in [1.82, 2.24) is 4.98 Å². The summed E-state index contributed by atoms with van der Waals surface area (Å²) in [6.45, 7) is 3.17. The van der Waals surface area contributed by atoms with Gasteiger partial charge in [0.05, 0.1) is 0 Å². The zero-order chi connectivity index (χ0) is 8.18. The standard InChI is InChI=1S/C10H12N2/c1-7-4-9-8(5-11-7)10(2-3-10)6-12-9/h4-5,12H,2-3,6H2,1H3. The third kappa shape index (κ3) is 0.675. The van der Waals surface area contributed by atoms with Gasteiger partial charge in [0.25, 0.3) is 0 Å². The first-order valence-electron chi connectivity index (χ1n) is 4.51. The second-order valence-electron chi connectivity index (χ2n) is 4.01. The highest BCUT2D eigenvalue weighted by Crippen LogP contribution is 2.53. The van der Waals surface area contributed by atoms with Crippen LogP contribution in [0, 0.1) is 6.92 Å². The average molecular weight is 160 g/mol. The van der Waals surface area contributed by atoms with Crippen molar-refractivity contribution in [2.24, 2.45) is 0 Å². The Morgan fingerprint density at radius 3 is 3.08 bits per heavy atom. The van der Waals surface area contributed by atoms with Crippen molar-refractivity contribution in [3.63, 3.8) is 0 Å². The van der Waals surface area contributed by atoms with Gasteiger partial charge in [-0.05, 0) is 25.8 Å². The second-order valence-corrected chi connectivity index (χ2v) is 4.01. The predicted molar refractivity (Wildman–Crippen MR) is 48.4 cm³/mol. The highest BCUT2D eigenvalue weighted by atomic mass is 15.0. The van der Waals surface area contributed by atoms with Crippen molar-refractivity contribution >= 4 is 5.69 Å². The number of hydrogen-bond donors (Lipinski definition) is 1. The number of fused-ring (bicyclic) bond motifs is 2. The van der Waals surface area contributed by atoms with E-state index >= 15 is 0 Å². The van der Waals surface area contributed by atoms with Gasteiger partial charge in [0.15, 0.2) is 0 Å². The fourth-order valence-electron chi connectivity index (χ4n) is 2.09. The van der Waals surface area contributed by atoms with Crippen molar-refractivity contribution < 1.29 is 0 Å². The Labute approximate surface area is 72.0 Å². The molecule has 0 bridgehead atoms. The number of nitrogens with one attached hydrogen (secondary N) is 1. The molecule has 1 aromatic rings. The number of hydrogen-bond acceptors (Lipinski definition) is 2. The van der Waals surface area contributed by atoms with E-state index in [4.69, 9.17) is 0 Å². The van der Waals surface area contributed by atoms with Gasteiger partial charge in [0.2, 0.25) is 0 Å². The van der Waals surface area contributed by atoms with Gasteiger partial charge in [-0.1, -0.05) is 0 Å². The Balaban J connectivity index is 2.18. The first-order chi connectivity index (χ1) is 5.80. The van der Waals surface area contributed by atoms with E-state index in [9.17, 15) is 0 Å². The summed E-state index contributed by atoms with van der Waals surface area (Å²) in [5.41, 5.74) is 4.38. The molecule has 0 radical (unpaired) electrons. The number of aromatic nitrogens is 1. The van der Waals surface area contributed by atoms with Gasteiger partial charge in [0.1, 0.15) is 0 Å². The molecule has 0 amide bonds. The van der Waals surface area contributed by atoms with Gasteiger partial charge in [-0.2, -0.15) is 0 Å². The van der Waals surface area contributed by atoms with Gasteiger partial charge in [-0.3, -0.25) is 4.98 Å². The van der Waals surface area contributed by atoms with Crippen molar-refractivity contribution in [2.45, 2.75) is 25.2 Å². The maximum atomic E-state index is 4.35. The molecule has 1 aliphatic carbocycles. The lowest BCUT2D eigenvalue weighted by atomic mass is 10.0. The maximum absolute atomic E-state index is 4.35. The van der Waals surface area contributed by atoms with Crippen molar-refractivity contribution in [3.05, 3.63) is 23.5 Å². The van der Waals surface area contributed by atoms with Gasteiger partial charge in [-0.15, -0.1) is 0 Å². The van der Waals surface area contributed by atoms with Crippen LogP contribution in [-0.4, -0.2) is 11.5 Å². The summed E-state index contributed by atoms with van der Waals surface area (Å²) >= 11 is 0. The van der Waals surface area contributed by atoms with Crippen LogP contribution >= 0.6 is 0 Å². The smallest absolute Gasteiger partial charge is 0.0413 e. The van der Waals surface area contributed by atoms with Gasteiger partial charge >= 0.3 is 0 Å². The topological polar surface area (TPSA) is 24.9 Å². The van der Waals surface area contributed by atoms with Crippen LogP contribution in [0.1, 0.15) is 24.1 Å². The number of rotatable bonds is 0. The summed E-state index contributed by atoms with van der Waals surface area (Å²) in [5, 5.41) is 3.45. The molecule has 12 heavy (non-hydrogen) atoms. The zero-order valence-electron chi connectivity index (χ0n) is 7.22. The van der Waals surface area contributed by atoms with E-state index < -0.39 is 0 Å². The summed E-state index contributed by atoms with van der Waals surface area (Å²) < 4.78 is 0. The summed E-state index contributed by atoms with van der Waals surface area (Å²) in [4.78, 5) is 4.35. The zero-order valence-corrected chi connectivity index (χ0v) is 7.22. The minimum Gasteiger partial charge on any atom is -0.384 e. The van der Waals surface area contributed by atoms with Crippen molar-refractivity contribution in [1.29, 1.82) is 0 Å². The third-order valence-corrected chi connectivity index (χ3v) is 3.08. The van der Waals surface area contributed by atoms with Crippen LogP contribution in [0.4, 0.5) is 5.69 Å². The molecule has 2 heteroatoms. The van der Waals surface area contributed by atoms with Gasteiger partial charge < -0.3 is 5.32 Å². The van der Waals surface area contributed by atoms with Gasteiger partial charge in [-0.25, -0.2) is 0 Å². The van der Waals surface area contributed by atoms with Crippen LogP contribution in [0.25, 0.3) is 0 Å². The molecule has 0 saturated heterocycles. The maximum Gasteiger partial charge on any atom is 0.0413 e. The fraction of sp³-hybridized carbons (Fsp3) is 0.500. The van der Waals surface area contributed by atoms with Crippen molar-refractivity contribution in [2.75, 3.05) is 11.9 Å². The molecule has 0 atom stereocenters. The molecule has 1 aromatic heterocycles. The Hall–Kier alpha value is -1.05. The van der Waals surface area contributed by atoms with Crippen LogP contribution in [0.15, 0.2) is 12.3 Å². The highest BCUT2D eigenvalue weighted by molar-refractivity contribution is 5.62. The monoisotopic (exact) mass is 160 g/mol. The third-order valence-electron chi connectivity index (χ3n) is 3.08. The first kappa shape index (κ1) is 6.46. The summed E-state index contributed by atoms with van der Waals surface area (Å²) in [6.07, 6.45) is 4.74. The first-order valence-corrected chi connectivity index (χ1v) is 4.51. The molecule has 1 aliphatic heterocycles. The molecule has 1 N–H and O–H groups in total. The van der Waals surface area contributed by atoms with Crippen LogP contribution in [-0.2, 0) is 5.41 Å². The lowest BCUT2D eigenvalue weighted by Gasteiger charge is -2.04. The average Bonchev–Trinajstić information content (AvgIpc) is 2.73. The van der Waals surface area contributed by atoms with Gasteiger partial charge in [0, 0.05) is 35.1 Å². The lowest BCUT2D eigenvalue weighted by molar-refractivity contribution is 0.773. The van der Waals surface area contributed by atoms with E-state index in [2.05, 4.69) is 22.6 Å². The van der Waals surface area contributed by atoms with Crippen molar-refractivity contribution in [3.8, 4) is 0 Å². The number of aryl methyl sites for hydroxylation is 1. The molecule has 0 unspecified atom stereocenters. The lowest BCUT2D eigenvalue weighted by Crippen LogP contribution is -2.08. The van der Waals surface area contributed by atoms with E-state index in [1.807, 2.05) is 6.92 Å². The van der Waals surface area contributed by atoms with Crippen LogP contribution in [0.2, 0.25) is 0 Å². The van der Waals surface area contributed by atoms with E-state index in [0.717, 1.165) is 12.2 Å². The second kappa shape index (κ2) is 1.82. The van der Waals surface area contributed by atoms with E-state index in [-0.39, 0.29) is 0 Å². The number of pyridine rings is 1. The van der Waals surface area contributed by atoms with Crippen LogP contribution in [0.5, 0.6) is 0 Å². The normalized spacial score (nSPS) is 22.1. The molecule has 2 aliphatic rings. The minimum atomic E-state index is 0.496. The Morgan fingerprint density at radius 1 is 1.50 bits per heavy atom. The number of anilines is 1. The van der Waals surface area contributed by atoms with E-state index in [1.165, 1.54) is 24.1 Å². The molecule has 0 aromatic carbocycles. The van der Waals surface area contributed by atoms with E-state index in [1.54, 1.807) is 0 Å². The minimum absolute atomic E-state index is 0.496. The highest BCUT2D eigenvalue weighted by Gasteiger charge is 2.49. The summed E-state index contributed by atoms with van der Waals surface area (Å²) in [5.74, 6) is 0. The quantitative estimate of drug-likeness (QED) is 0.626. The Kier molecular flexibility index (Phi) is 0.978. The molecule has 1 fully saturated rings.